The van der Waals surface area contributed by atoms with Crippen LogP contribution in [0.4, 0.5) is 0 Å². The minimum absolute atomic E-state index is 0.190. The largest absolute Gasteiger partial charge is 0.384 e. The number of pyridine rings is 1. The van der Waals surface area contributed by atoms with E-state index in [2.05, 4.69) is 29.1 Å². The SMILES string of the molecule is CC1(CNC(=O)c2ncccc2C#CCO)CCCCC1. The van der Waals surface area contributed by atoms with Crippen molar-refractivity contribution < 1.29 is 9.90 Å². The Morgan fingerprint density at radius 1 is 1.43 bits per heavy atom. The number of hydrogen-bond acceptors (Lipinski definition) is 3. The molecule has 2 N–H and O–H groups in total. The van der Waals surface area contributed by atoms with Crippen LogP contribution in [-0.2, 0) is 0 Å². The van der Waals surface area contributed by atoms with E-state index in [9.17, 15) is 4.79 Å². The predicted octanol–water partition coefficient (Wildman–Crippen LogP) is 2.13. The minimum Gasteiger partial charge on any atom is -0.384 e. The van der Waals surface area contributed by atoms with Crippen molar-refractivity contribution in [1.82, 2.24) is 10.3 Å². The third-order valence-corrected chi connectivity index (χ3v) is 4.06. The summed E-state index contributed by atoms with van der Waals surface area (Å²) in [7, 11) is 0. The number of nitrogens with zero attached hydrogens (tertiary/aromatic N) is 1. The van der Waals surface area contributed by atoms with Crippen molar-refractivity contribution in [3.63, 3.8) is 0 Å². The fraction of sp³-hybridized carbons (Fsp3) is 0.529. The Morgan fingerprint density at radius 3 is 2.90 bits per heavy atom. The molecule has 1 amide bonds. The summed E-state index contributed by atoms with van der Waals surface area (Å²) < 4.78 is 0. The molecule has 0 aromatic carbocycles. The Bertz CT molecular complexity index is 551. The first-order valence-corrected chi connectivity index (χ1v) is 7.48. The summed E-state index contributed by atoms with van der Waals surface area (Å²) in [5.74, 6) is 5.14. The zero-order chi connectivity index (χ0) is 15.1. The lowest BCUT2D eigenvalue weighted by molar-refractivity contribution is 0.0914. The second-order valence-corrected chi connectivity index (χ2v) is 5.91. The maximum Gasteiger partial charge on any atom is 0.271 e. The summed E-state index contributed by atoms with van der Waals surface area (Å²) in [5, 5.41) is 11.8. The molecule has 112 valence electrons. The van der Waals surface area contributed by atoms with Gasteiger partial charge in [0.1, 0.15) is 12.3 Å². The van der Waals surface area contributed by atoms with Crippen molar-refractivity contribution in [1.29, 1.82) is 0 Å². The first-order valence-electron chi connectivity index (χ1n) is 7.48. The third-order valence-electron chi connectivity index (χ3n) is 4.06. The van der Waals surface area contributed by atoms with E-state index in [1.807, 2.05) is 0 Å². The number of aliphatic hydroxyl groups is 1. The van der Waals surface area contributed by atoms with Crippen LogP contribution in [0.3, 0.4) is 0 Å². The van der Waals surface area contributed by atoms with Crippen molar-refractivity contribution >= 4 is 5.91 Å². The summed E-state index contributed by atoms with van der Waals surface area (Å²) in [4.78, 5) is 16.4. The van der Waals surface area contributed by atoms with E-state index in [1.54, 1.807) is 18.3 Å². The first-order chi connectivity index (χ1) is 10.1. The van der Waals surface area contributed by atoms with Crippen molar-refractivity contribution in [2.45, 2.75) is 39.0 Å². The van der Waals surface area contributed by atoms with Crippen LogP contribution < -0.4 is 5.32 Å². The smallest absolute Gasteiger partial charge is 0.271 e. The summed E-state index contributed by atoms with van der Waals surface area (Å²) >= 11 is 0. The molecule has 0 aliphatic heterocycles. The van der Waals surface area contributed by atoms with Gasteiger partial charge in [-0.15, -0.1) is 0 Å². The average Bonchev–Trinajstić information content (AvgIpc) is 2.52. The lowest BCUT2D eigenvalue weighted by Crippen LogP contribution is -2.37. The van der Waals surface area contributed by atoms with Crippen LogP contribution in [0, 0.1) is 17.3 Å². The highest BCUT2D eigenvalue weighted by atomic mass is 16.2. The molecule has 2 rings (SSSR count). The van der Waals surface area contributed by atoms with Crippen LogP contribution in [0.25, 0.3) is 0 Å². The molecule has 1 saturated carbocycles. The van der Waals surface area contributed by atoms with E-state index in [4.69, 9.17) is 5.11 Å². The molecule has 0 atom stereocenters. The van der Waals surface area contributed by atoms with Crippen molar-refractivity contribution in [3.8, 4) is 11.8 Å². The van der Waals surface area contributed by atoms with Crippen molar-refractivity contribution in [2.24, 2.45) is 5.41 Å². The van der Waals surface area contributed by atoms with Gasteiger partial charge in [-0.25, -0.2) is 4.98 Å². The van der Waals surface area contributed by atoms with Crippen molar-refractivity contribution in [3.05, 3.63) is 29.6 Å². The molecule has 4 heteroatoms. The van der Waals surface area contributed by atoms with Crippen LogP contribution in [-0.4, -0.2) is 29.1 Å². The van der Waals surface area contributed by atoms with E-state index in [0.29, 0.717) is 17.8 Å². The van der Waals surface area contributed by atoms with E-state index < -0.39 is 0 Å². The number of hydrogen-bond donors (Lipinski definition) is 2. The molecule has 1 aliphatic rings. The van der Waals surface area contributed by atoms with Crippen molar-refractivity contribution in [2.75, 3.05) is 13.2 Å². The normalized spacial score (nSPS) is 16.7. The number of rotatable bonds is 3. The molecule has 21 heavy (non-hydrogen) atoms. The standard InChI is InChI=1S/C17H22N2O2/c1-17(9-3-2-4-10-17)13-19-16(21)15-14(8-6-12-20)7-5-11-18-15/h5,7,11,20H,2-4,9-10,12-13H2,1H3,(H,19,21). The number of aliphatic hydroxyl groups excluding tert-OH is 1. The molecule has 1 fully saturated rings. The molecule has 0 spiro atoms. The molecule has 1 aromatic rings. The molecular weight excluding hydrogens is 264 g/mol. The van der Waals surface area contributed by atoms with Crippen LogP contribution in [0.2, 0.25) is 0 Å². The Balaban J connectivity index is 2.03. The molecule has 0 unspecified atom stereocenters. The zero-order valence-electron chi connectivity index (χ0n) is 12.5. The molecule has 1 heterocycles. The zero-order valence-corrected chi connectivity index (χ0v) is 12.5. The van der Waals surface area contributed by atoms with Gasteiger partial charge in [0.15, 0.2) is 0 Å². The average molecular weight is 286 g/mol. The summed E-state index contributed by atoms with van der Waals surface area (Å²) in [5.41, 5.74) is 1.08. The molecule has 4 nitrogen and oxygen atoms in total. The quantitative estimate of drug-likeness (QED) is 0.837. The summed E-state index contributed by atoms with van der Waals surface area (Å²) in [6.07, 6.45) is 7.68. The highest BCUT2D eigenvalue weighted by molar-refractivity contribution is 5.94. The summed E-state index contributed by atoms with van der Waals surface area (Å²) in [6.45, 7) is 2.68. The molecule has 0 radical (unpaired) electrons. The van der Waals surface area contributed by atoms with Gasteiger partial charge in [0.25, 0.3) is 5.91 Å². The number of amides is 1. The van der Waals surface area contributed by atoms with E-state index >= 15 is 0 Å². The first kappa shape index (κ1) is 15.5. The fourth-order valence-corrected chi connectivity index (χ4v) is 2.78. The number of nitrogens with one attached hydrogen (secondary N) is 1. The third kappa shape index (κ3) is 4.30. The summed E-state index contributed by atoms with van der Waals surface area (Å²) in [6, 6.07) is 3.48. The van der Waals surface area contributed by atoms with Crippen LogP contribution >= 0.6 is 0 Å². The van der Waals surface area contributed by atoms with Gasteiger partial charge in [-0.2, -0.15) is 0 Å². The van der Waals surface area contributed by atoms with Gasteiger partial charge in [0.05, 0.1) is 5.56 Å². The Hall–Kier alpha value is -1.86. The molecule has 1 aliphatic carbocycles. The van der Waals surface area contributed by atoms with Crippen LogP contribution in [0.15, 0.2) is 18.3 Å². The second kappa shape index (κ2) is 7.24. The topological polar surface area (TPSA) is 62.2 Å². The maximum absolute atomic E-state index is 12.3. The Kier molecular flexibility index (Phi) is 5.35. The van der Waals surface area contributed by atoms with E-state index in [0.717, 1.165) is 12.8 Å². The monoisotopic (exact) mass is 286 g/mol. The van der Waals surface area contributed by atoms with Crippen LogP contribution in [0.5, 0.6) is 0 Å². The van der Waals surface area contributed by atoms with Gasteiger partial charge < -0.3 is 10.4 Å². The van der Waals surface area contributed by atoms with Gasteiger partial charge in [-0.3, -0.25) is 4.79 Å². The molecule has 0 saturated heterocycles. The Labute approximate surface area is 126 Å². The number of carbonyl (C=O) groups excluding carboxylic acids is 1. The minimum atomic E-state index is -0.228. The van der Waals surface area contributed by atoms with Gasteiger partial charge in [-0.05, 0) is 30.4 Å². The highest BCUT2D eigenvalue weighted by Gasteiger charge is 2.27. The van der Waals surface area contributed by atoms with Gasteiger partial charge >= 0.3 is 0 Å². The lowest BCUT2D eigenvalue weighted by Gasteiger charge is -2.33. The second-order valence-electron chi connectivity index (χ2n) is 5.91. The Morgan fingerprint density at radius 2 is 2.19 bits per heavy atom. The lowest BCUT2D eigenvalue weighted by atomic mass is 9.76. The fourth-order valence-electron chi connectivity index (χ4n) is 2.78. The van der Waals surface area contributed by atoms with Gasteiger partial charge in [0, 0.05) is 12.7 Å². The van der Waals surface area contributed by atoms with Gasteiger partial charge in [0.2, 0.25) is 0 Å². The molecular formula is C17H22N2O2. The predicted molar refractivity (Wildman–Crippen MR) is 81.7 cm³/mol. The molecule has 1 aromatic heterocycles. The number of aromatic nitrogens is 1. The molecule has 0 bridgehead atoms. The highest BCUT2D eigenvalue weighted by Crippen LogP contribution is 2.34. The van der Waals surface area contributed by atoms with E-state index in [1.165, 1.54) is 19.3 Å². The number of carbonyl (C=O) groups is 1. The van der Waals surface area contributed by atoms with E-state index in [-0.39, 0.29) is 17.9 Å². The van der Waals surface area contributed by atoms with Gasteiger partial charge in [-0.1, -0.05) is 38.0 Å². The maximum atomic E-state index is 12.3. The van der Waals surface area contributed by atoms with Crippen LogP contribution in [0.1, 0.15) is 55.1 Å².